The van der Waals surface area contributed by atoms with Gasteiger partial charge in [0.1, 0.15) is 11.6 Å². The number of nitrogens with zero attached hydrogens (tertiary/aromatic N) is 1. The van der Waals surface area contributed by atoms with Crippen LogP contribution in [0.4, 0.5) is 26.3 Å². The van der Waals surface area contributed by atoms with Crippen LogP contribution in [-0.2, 0) is 4.74 Å². The number of alkyl halides is 5. The normalized spacial score (nSPS) is 20.7. The predicted molar refractivity (Wildman–Crippen MR) is 126 cm³/mol. The van der Waals surface area contributed by atoms with E-state index in [1.54, 1.807) is 6.07 Å². The molecule has 2 heterocycles. The Balaban J connectivity index is 1.38. The predicted octanol–water partition coefficient (Wildman–Crippen LogP) is 5.83. The Morgan fingerprint density at radius 1 is 1.19 bits per heavy atom. The first-order valence-corrected chi connectivity index (χ1v) is 13.0. The Hall–Kier alpha value is -2.01. The van der Waals surface area contributed by atoms with Crippen LogP contribution in [0.1, 0.15) is 62.2 Å². The van der Waals surface area contributed by atoms with Gasteiger partial charge in [0, 0.05) is 19.2 Å². The summed E-state index contributed by atoms with van der Waals surface area (Å²) in [5, 5.41) is 2.69. The zero-order valence-corrected chi connectivity index (χ0v) is 21.1. The van der Waals surface area contributed by atoms with Gasteiger partial charge in [-0.25, -0.2) is 4.39 Å². The van der Waals surface area contributed by atoms with Crippen molar-refractivity contribution >= 4 is 5.91 Å². The lowest BCUT2D eigenvalue weighted by atomic mass is 9.80. The van der Waals surface area contributed by atoms with Gasteiger partial charge in [0.25, 0.3) is 5.91 Å². The molecule has 0 saturated carbocycles. The lowest BCUT2D eigenvalue weighted by molar-refractivity contribution is -0.287. The molecular weight excluding hydrogens is 502 g/mol. The topological polar surface area (TPSA) is 50.8 Å². The molecule has 11 heteroatoms. The molecule has 1 aromatic rings. The van der Waals surface area contributed by atoms with Crippen LogP contribution >= 0.6 is 0 Å². The zero-order chi connectivity index (χ0) is 27.1. The fourth-order valence-corrected chi connectivity index (χ4v) is 5.14. The maximum atomic E-state index is 14.5. The second-order valence-corrected chi connectivity index (χ2v) is 9.96. The third-order valence-electron chi connectivity index (χ3n) is 7.35. The number of amides is 1. The molecule has 2 atom stereocenters. The first kappa shape index (κ1) is 29.5. The number of likely N-dealkylation sites (tertiary alicyclic amines) is 1. The monoisotopic (exact) mass is 538 g/mol. The van der Waals surface area contributed by atoms with E-state index < -0.39 is 30.4 Å². The third-order valence-corrected chi connectivity index (χ3v) is 7.35. The molecule has 37 heavy (non-hydrogen) atoms. The minimum Gasteiger partial charge on any atom is -0.493 e. The SMILES string of the molecule is CC[C@@H](CCCOc1ccc(C(=O)NCC2CCCO2)c(F)c1)C1CCN(CC(F)(F)C(F)(F)F)CC1. The Bertz CT molecular complexity index is 868. The van der Waals surface area contributed by atoms with Crippen molar-refractivity contribution in [1.82, 2.24) is 10.2 Å². The van der Waals surface area contributed by atoms with Gasteiger partial charge in [-0.1, -0.05) is 13.3 Å². The summed E-state index contributed by atoms with van der Waals surface area (Å²) in [6, 6.07) is 4.12. The number of nitrogens with one attached hydrogen (secondary N) is 1. The minimum atomic E-state index is -5.53. The number of rotatable bonds is 12. The summed E-state index contributed by atoms with van der Waals surface area (Å²) in [4.78, 5) is 13.4. The van der Waals surface area contributed by atoms with Crippen molar-refractivity contribution < 1.29 is 40.6 Å². The van der Waals surface area contributed by atoms with Gasteiger partial charge in [-0.2, -0.15) is 22.0 Å². The van der Waals surface area contributed by atoms with Gasteiger partial charge in [-0.15, -0.1) is 0 Å². The Morgan fingerprint density at radius 2 is 1.92 bits per heavy atom. The average Bonchev–Trinajstić information content (AvgIpc) is 3.36. The smallest absolute Gasteiger partial charge is 0.454 e. The number of halogens is 6. The number of piperidine rings is 1. The molecule has 0 bridgehead atoms. The minimum absolute atomic E-state index is 0.0340. The van der Waals surface area contributed by atoms with Crippen molar-refractivity contribution in [3.05, 3.63) is 29.6 Å². The van der Waals surface area contributed by atoms with E-state index in [2.05, 4.69) is 5.32 Å². The third kappa shape index (κ3) is 8.49. The summed E-state index contributed by atoms with van der Waals surface area (Å²) in [6.07, 6.45) is -0.218. The zero-order valence-electron chi connectivity index (χ0n) is 21.1. The van der Waals surface area contributed by atoms with Crippen LogP contribution in [0.15, 0.2) is 18.2 Å². The maximum absolute atomic E-state index is 14.5. The van der Waals surface area contributed by atoms with Crippen LogP contribution in [0.3, 0.4) is 0 Å². The molecule has 0 radical (unpaired) electrons. The van der Waals surface area contributed by atoms with Gasteiger partial charge < -0.3 is 14.8 Å². The fraction of sp³-hybridized carbons (Fsp3) is 0.731. The van der Waals surface area contributed by atoms with Crippen LogP contribution < -0.4 is 10.1 Å². The molecule has 1 amide bonds. The Labute approximate surface area is 213 Å². The molecule has 1 N–H and O–H groups in total. The average molecular weight is 539 g/mol. The van der Waals surface area contributed by atoms with E-state index in [1.807, 2.05) is 6.92 Å². The largest absolute Gasteiger partial charge is 0.493 e. The van der Waals surface area contributed by atoms with Crippen LogP contribution in [-0.4, -0.2) is 68.4 Å². The van der Waals surface area contributed by atoms with E-state index in [1.165, 1.54) is 17.0 Å². The summed E-state index contributed by atoms with van der Waals surface area (Å²) in [6.45, 7) is 2.54. The van der Waals surface area contributed by atoms with E-state index in [4.69, 9.17) is 9.47 Å². The summed E-state index contributed by atoms with van der Waals surface area (Å²) >= 11 is 0. The highest BCUT2D eigenvalue weighted by Crippen LogP contribution is 2.38. The van der Waals surface area contributed by atoms with Crippen LogP contribution in [0.5, 0.6) is 5.75 Å². The molecule has 1 unspecified atom stereocenters. The second kappa shape index (κ2) is 13.2. The van der Waals surface area contributed by atoms with Gasteiger partial charge in [0.2, 0.25) is 0 Å². The number of carbonyl (C=O) groups is 1. The van der Waals surface area contributed by atoms with E-state index in [9.17, 15) is 31.1 Å². The van der Waals surface area contributed by atoms with Gasteiger partial charge in [-0.3, -0.25) is 9.69 Å². The number of carbonyl (C=O) groups excluding carboxylic acids is 1. The molecule has 0 spiro atoms. The van der Waals surface area contributed by atoms with E-state index in [0.29, 0.717) is 50.7 Å². The number of benzene rings is 1. The molecule has 1 aromatic carbocycles. The van der Waals surface area contributed by atoms with Crippen molar-refractivity contribution in [2.75, 3.05) is 39.4 Å². The summed E-state index contributed by atoms with van der Waals surface area (Å²) < 4.78 is 89.6. The molecule has 2 fully saturated rings. The summed E-state index contributed by atoms with van der Waals surface area (Å²) in [5.41, 5.74) is -0.0595. The van der Waals surface area contributed by atoms with E-state index in [-0.39, 0.29) is 30.7 Å². The quantitative estimate of drug-likeness (QED) is 0.269. The van der Waals surface area contributed by atoms with Gasteiger partial charge in [-0.05, 0) is 75.6 Å². The number of ether oxygens (including phenoxy) is 2. The first-order chi connectivity index (χ1) is 17.5. The Morgan fingerprint density at radius 3 is 2.51 bits per heavy atom. The van der Waals surface area contributed by atoms with Crippen LogP contribution in [0, 0.1) is 17.7 Å². The lowest BCUT2D eigenvalue weighted by Gasteiger charge is -2.37. The molecule has 5 nitrogen and oxygen atoms in total. The van der Waals surface area contributed by atoms with Crippen molar-refractivity contribution in [3.8, 4) is 5.75 Å². The number of hydrogen-bond donors (Lipinski definition) is 1. The molecule has 0 aliphatic carbocycles. The maximum Gasteiger partial charge on any atom is 0.454 e. The molecular formula is C26H36F6N2O3. The number of hydrogen-bond acceptors (Lipinski definition) is 4. The summed E-state index contributed by atoms with van der Waals surface area (Å²) in [7, 11) is 0. The second-order valence-electron chi connectivity index (χ2n) is 9.96. The van der Waals surface area contributed by atoms with Crippen molar-refractivity contribution in [3.63, 3.8) is 0 Å². The van der Waals surface area contributed by atoms with Crippen molar-refractivity contribution in [2.24, 2.45) is 11.8 Å². The van der Waals surface area contributed by atoms with Crippen molar-refractivity contribution in [1.29, 1.82) is 0 Å². The highest BCUT2D eigenvalue weighted by atomic mass is 19.4. The highest BCUT2D eigenvalue weighted by molar-refractivity contribution is 5.94. The molecule has 0 aromatic heterocycles. The highest BCUT2D eigenvalue weighted by Gasteiger charge is 2.58. The van der Waals surface area contributed by atoms with Gasteiger partial charge in [0.15, 0.2) is 0 Å². The summed E-state index contributed by atoms with van der Waals surface area (Å²) in [5.74, 6) is -4.99. The molecule has 2 aliphatic rings. The van der Waals surface area contributed by atoms with Crippen LogP contribution in [0.25, 0.3) is 0 Å². The lowest BCUT2D eigenvalue weighted by Crippen LogP contribution is -2.49. The molecule has 2 saturated heterocycles. The first-order valence-electron chi connectivity index (χ1n) is 13.0. The fourth-order valence-electron chi connectivity index (χ4n) is 5.14. The standard InChI is InChI=1S/C26H36F6N2O3/c1-2-18(19-9-11-34(12-10-19)17-25(28,29)26(30,31)32)5-3-13-36-20-7-8-22(23(27)15-20)24(35)33-16-21-6-4-14-37-21/h7-8,15,18-19,21H,2-6,9-14,16-17H2,1H3,(H,33,35)/t18-,21?/m0/s1. The van der Waals surface area contributed by atoms with Crippen molar-refractivity contribution in [2.45, 2.75) is 70.1 Å². The molecule has 3 rings (SSSR count). The van der Waals surface area contributed by atoms with E-state index in [0.717, 1.165) is 25.7 Å². The van der Waals surface area contributed by atoms with E-state index >= 15 is 0 Å². The Kier molecular flexibility index (Phi) is 10.5. The molecule has 210 valence electrons. The molecule has 2 aliphatic heterocycles. The van der Waals surface area contributed by atoms with Gasteiger partial charge >= 0.3 is 12.1 Å². The van der Waals surface area contributed by atoms with Crippen LogP contribution in [0.2, 0.25) is 0 Å². The van der Waals surface area contributed by atoms with Gasteiger partial charge in [0.05, 0.1) is 24.8 Å².